The Bertz CT molecular complexity index is 880. The van der Waals surface area contributed by atoms with Gasteiger partial charge in [0.05, 0.1) is 38.5 Å². The van der Waals surface area contributed by atoms with Gasteiger partial charge in [0.15, 0.2) is 5.54 Å². The second kappa shape index (κ2) is 7.76. The van der Waals surface area contributed by atoms with E-state index < -0.39 is 53.6 Å². The van der Waals surface area contributed by atoms with Gasteiger partial charge >= 0.3 is 12.1 Å². The zero-order valence-corrected chi connectivity index (χ0v) is 17.4. The summed E-state index contributed by atoms with van der Waals surface area (Å²) in [6.07, 6.45) is -0.364. The van der Waals surface area contributed by atoms with Crippen LogP contribution in [0.15, 0.2) is 24.3 Å². The van der Waals surface area contributed by atoms with Crippen molar-refractivity contribution in [2.24, 2.45) is 0 Å². The van der Waals surface area contributed by atoms with Crippen molar-refractivity contribution in [3.05, 3.63) is 35.6 Å². The van der Waals surface area contributed by atoms with Crippen LogP contribution in [0.1, 0.15) is 31.9 Å². The summed E-state index contributed by atoms with van der Waals surface area (Å²) in [6, 6.07) is 4.08. The summed E-state index contributed by atoms with van der Waals surface area (Å²) in [4.78, 5) is 41.3. The fourth-order valence-electron chi connectivity index (χ4n) is 4.79. The number of hydrogen-bond donors (Lipinski definition) is 1. The summed E-state index contributed by atoms with van der Waals surface area (Å²) in [7, 11) is 0. The summed E-state index contributed by atoms with van der Waals surface area (Å²) in [5.74, 6) is -2.26. The van der Waals surface area contributed by atoms with E-state index in [-0.39, 0.29) is 26.4 Å². The van der Waals surface area contributed by atoms with Gasteiger partial charge in [0.2, 0.25) is 0 Å². The van der Waals surface area contributed by atoms with Crippen molar-refractivity contribution in [1.82, 2.24) is 9.80 Å². The molecule has 10 heteroatoms. The first kappa shape index (κ1) is 21.5. The maximum atomic E-state index is 13.8. The number of nitrogens with zero attached hydrogens (tertiary/aromatic N) is 2. The Labute approximate surface area is 178 Å². The number of hydrogen-bond acceptors (Lipinski definition) is 6. The quantitative estimate of drug-likeness (QED) is 0.767. The van der Waals surface area contributed by atoms with Gasteiger partial charge in [-0.15, -0.1) is 0 Å². The molecule has 3 saturated heterocycles. The number of benzene rings is 1. The van der Waals surface area contributed by atoms with Gasteiger partial charge in [0, 0.05) is 6.42 Å². The van der Waals surface area contributed by atoms with E-state index in [4.69, 9.17) is 14.2 Å². The van der Waals surface area contributed by atoms with E-state index in [1.54, 1.807) is 13.8 Å². The lowest BCUT2D eigenvalue weighted by atomic mass is 9.79. The first-order valence-electron chi connectivity index (χ1n) is 10.1. The molecule has 1 N–H and O–H groups in total. The van der Waals surface area contributed by atoms with Crippen LogP contribution >= 0.6 is 0 Å². The van der Waals surface area contributed by atoms with E-state index in [1.807, 2.05) is 0 Å². The van der Waals surface area contributed by atoms with Gasteiger partial charge in [-0.2, -0.15) is 0 Å². The van der Waals surface area contributed by atoms with E-state index in [9.17, 15) is 23.9 Å². The SMILES string of the molecule is CC1(C)CC2C(c3ccc(F)cc3)N(CC(=O)O)C(=O)C3(COCCOC3)N2C(=O)O1. The van der Waals surface area contributed by atoms with Crippen LogP contribution in [0.2, 0.25) is 0 Å². The highest BCUT2D eigenvalue weighted by Crippen LogP contribution is 2.46. The van der Waals surface area contributed by atoms with Gasteiger partial charge < -0.3 is 24.2 Å². The molecule has 31 heavy (non-hydrogen) atoms. The van der Waals surface area contributed by atoms with Crippen LogP contribution < -0.4 is 0 Å². The van der Waals surface area contributed by atoms with Gasteiger partial charge in [0.1, 0.15) is 18.0 Å². The maximum Gasteiger partial charge on any atom is 0.411 e. The molecule has 2 unspecified atom stereocenters. The molecule has 2 amide bonds. The lowest BCUT2D eigenvalue weighted by Crippen LogP contribution is -2.77. The average molecular weight is 436 g/mol. The molecule has 3 fully saturated rings. The van der Waals surface area contributed by atoms with E-state index in [1.165, 1.54) is 34.1 Å². The molecule has 3 aliphatic rings. The van der Waals surface area contributed by atoms with Crippen molar-refractivity contribution in [2.75, 3.05) is 33.0 Å². The second-order valence-corrected chi connectivity index (χ2v) is 8.73. The predicted molar refractivity (Wildman–Crippen MR) is 104 cm³/mol. The van der Waals surface area contributed by atoms with Crippen molar-refractivity contribution in [2.45, 2.75) is 43.5 Å². The molecule has 0 saturated carbocycles. The topological polar surface area (TPSA) is 106 Å². The zero-order chi connectivity index (χ0) is 22.4. The first-order valence-corrected chi connectivity index (χ1v) is 10.1. The van der Waals surface area contributed by atoms with Crippen LogP contribution in [0.3, 0.4) is 0 Å². The fraction of sp³-hybridized carbons (Fsp3) is 0.571. The van der Waals surface area contributed by atoms with Gasteiger partial charge in [-0.25, -0.2) is 9.18 Å². The largest absolute Gasteiger partial charge is 0.480 e. The molecule has 1 aromatic carbocycles. The second-order valence-electron chi connectivity index (χ2n) is 8.73. The number of carbonyl (C=O) groups is 3. The number of rotatable bonds is 3. The highest BCUT2D eigenvalue weighted by molar-refractivity contribution is 5.94. The first-order chi connectivity index (χ1) is 14.6. The molecule has 4 rings (SSSR count). The van der Waals surface area contributed by atoms with E-state index in [2.05, 4.69) is 0 Å². The third-order valence-electron chi connectivity index (χ3n) is 5.98. The Morgan fingerprint density at radius 2 is 1.77 bits per heavy atom. The van der Waals surface area contributed by atoms with Crippen LogP contribution in [0.5, 0.6) is 0 Å². The number of carboxylic acid groups (broad SMARTS) is 1. The fourth-order valence-corrected chi connectivity index (χ4v) is 4.79. The van der Waals surface area contributed by atoms with Crippen molar-refractivity contribution >= 4 is 18.0 Å². The lowest BCUT2D eigenvalue weighted by molar-refractivity contribution is -0.186. The van der Waals surface area contributed by atoms with Gasteiger partial charge in [-0.1, -0.05) is 12.1 Å². The van der Waals surface area contributed by atoms with Crippen molar-refractivity contribution < 1.29 is 38.1 Å². The van der Waals surface area contributed by atoms with Gasteiger partial charge in [0.25, 0.3) is 5.91 Å². The molecular formula is C21H25FN2O7. The molecule has 0 aromatic heterocycles. The number of halogens is 1. The number of carbonyl (C=O) groups excluding carboxylic acids is 2. The van der Waals surface area contributed by atoms with Gasteiger partial charge in [-0.05, 0) is 31.5 Å². The molecule has 1 spiro atoms. The Hall–Kier alpha value is -2.72. The van der Waals surface area contributed by atoms with Crippen LogP contribution in [0.25, 0.3) is 0 Å². The van der Waals surface area contributed by atoms with Crippen molar-refractivity contribution in [1.29, 1.82) is 0 Å². The third-order valence-corrected chi connectivity index (χ3v) is 5.98. The molecule has 0 radical (unpaired) electrons. The average Bonchev–Trinajstić information content (AvgIpc) is 2.92. The summed E-state index contributed by atoms with van der Waals surface area (Å²) in [6.45, 7) is 3.16. The summed E-state index contributed by atoms with van der Waals surface area (Å²) in [5, 5.41) is 9.56. The minimum absolute atomic E-state index is 0.135. The minimum Gasteiger partial charge on any atom is -0.480 e. The smallest absolute Gasteiger partial charge is 0.411 e. The number of aliphatic carboxylic acids is 1. The molecule has 9 nitrogen and oxygen atoms in total. The van der Waals surface area contributed by atoms with E-state index in [0.29, 0.717) is 12.0 Å². The van der Waals surface area contributed by atoms with Crippen molar-refractivity contribution in [3.63, 3.8) is 0 Å². The maximum absolute atomic E-state index is 13.8. The normalized spacial score (nSPS) is 27.5. The molecular weight excluding hydrogens is 411 g/mol. The summed E-state index contributed by atoms with van der Waals surface area (Å²) >= 11 is 0. The number of amides is 2. The Balaban J connectivity index is 1.89. The minimum atomic E-state index is -1.54. The number of ether oxygens (including phenoxy) is 3. The van der Waals surface area contributed by atoms with Crippen LogP contribution in [-0.4, -0.2) is 83.0 Å². The Kier molecular flexibility index (Phi) is 5.38. The molecule has 168 valence electrons. The van der Waals surface area contributed by atoms with Crippen LogP contribution in [0, 0.1) is 5.82 Å². The molecule has 2 atom stereocenters. The monoisotopic (exact) mass is 436 g/mol. The number of fused-ring (bicyclic) bond motifs is 2. The van der Waals surface area contributed by atoms with Gasteiger partial charge in [-0.3, -0.25) is 14.5 Å². The predicted octanol–water partition coefficient (Wildman–Crippen LogP) is 1.57. The molecule has 1 aromatic rings. The van der Waals surface area contributed by atoms with E-state index >= 15 is 0 Å². The standard InChI is InChI=1S/C21H25FN2O7/c1-20(2)9-15-17(13-3-5-14(22)6-4-13)23(10-16(25)26)18(27)21(24(15)19(28)31-20)11-29-7-8-30-12-21/h3-6,15,17H,7-12H2,1-2H3,(H,25,26). The summed E-state index contributed by atoms with van der Waals surface area (Å²) in [5.41, 5.74) is -1.86. The summed E-state index contributed by atoms with van der Waals surface area (Å²) < 4.78 is 30.4. The van der Waals surface area contributed by atoms with E-state index in [0.717, 1.165) is 0 Å². The Morgan fingerprint density at radius 3 is 2.35 bits per heavy atom. The highest BCUT2D eigenvalue weighted by Gasteiger charge is 2.63. The number of carboxylic acids is 1. The molecule has 3 aliphatic heterocycles. The third kappa shape index (κ3) is 3.74. The molecule has 0 bridgehead atoms. The van der Waals surface area contributed by atoms with Crippen LogP contribution in [-0.2, 0) is 23.8 Å². The number of piperazine rings is 1. The zero-order valence-electron chi connectivity index (χ0n) is 17.4. The number of cyclic esters (lactones) is 1. The molecule has 0 aliphatic carbocycles. The van der Waals surface area contributed by atoms with Crippen LogP contribution in [0.4, 0.5) is 9.18 Å². The lowest BCUT2D eigenvalue weighted by Gasteiger charge is -2.58. The molecule has 3 heterocycles. The Morgan fingerprint density at radius 1 is 1.16 bits per heavy atom. The van der Waals surface area contributed by atoms with Crippen molar-refractivity contribution in [3.8, 4) is 0 Å². The highest BCUT2D eigenvalue weighted by atomic mass is 19.1.